The molecule has 1 aromatic rings. The highest BCUT2D eigenvalue weighted by molar-refractivity contribution is 7.72. The largest absolute Gasteiger partial charge is 0.378 e. The highest BCUT2D eigenvalue weighted by Crippen LogP contribution is 2.47. The van der Waals surface area contributed by atoms with Gasteiger partial charge in [0.2, 0.25) is 5.95 Å². The van der Waals surface area contributed by atoms with Gasteiger partial charge in [-0.1, -0.05) is 0 Å². The molecule has 0 spiro atoms. The Morgan fingerprint density at radius 1 is 1.32 bits per heavy atom. The summed E-state index contributed by atoms with van der Waals surface area (Å²) in [4.78, 5) is 11.0. The maximum absolute atomic E-state index is 11.0. The van der Waals surface area contributed by atoms with Crippen LogP contribution in [0.3, 0.4) is 0 Å². The summed E-state index contributed by atoms with van der Waals surface area (Å²) >= 11 is 0. The quantitative estimate of drug-likeness (QED) is 0.782. The lowest BCUT2D eigenvalue weighted by atomic mass is 10.1. The van der Waals surface area contributed by atoms with Crippen LogP contribution in [-0.4, -0.2) is 50.4 Å². The minimum atomic E-state index is -2.37. The molecule has 0 radical (unpaired) electrons. The van der Waals surface area contributed by atoms with Gasteiger partial charge in [-0.2, -0.15) is 0 Å². The van der Waals surface area contributed by atoms with Crippen LogP contribution in [0.15, 0.2) is 12.3 Å². The van der Waals surface area contributed by atoms with E-state index < -0.39 is 10.7 Å². The maximum Gasteiger partial charge on any atom is 0.225 e. The second kappa shape index (κ2) is 5.05. The van der Waals surface area contributed by atoms with Crippen molar-refractivity contribution in [3.05, 3.63) is 18.0 Å². The Morgan fingerprint density at radius 2 is 2.05 bits per heavy atom. The van der Waals surface area contributed by atoms with E-state index in [0.717, 1.165) is 31.6 Å². The fraction of sp³-hybridized carbons (Fsp3) is 0.667. The van der Waals surface area contributed by atoms with E-state index >= 15 is 0 Å². The first-order valence-corrected chi connectivity index (χ1v) is 7.84. The van der Waals surface area contributed by atoms with E-state index in [1.165, 1.54) is 0 Å². The maximum atomic E-state index is 11.0. The van der Waals surface area contributed by atoms with Gasteiger partial charge in [-0.05, 0) is 18.9 Å². The Bertz CT molecular complexity index is 529. The van der Waals surface area contributed by atoms with Gasteiger partial charge in [0.1, 0.15) is 10.7 Å². The summed E-state index contributed by atoms with van der Waals surface area (Å²) in [5, 5.41) is 0. The van der Waals surface area contributed by atoms with Crippen molar-refractivity contribution < 1.29 is 13.2 Å². The molecule has 1 saturated carbocycles. The number of rotatable bonds is 4. The van der Waals surface area contributed by atoms with Gasteiger partial charge in [0.25, 0.3) is 0 Å². The number of ether oxygens (including phenoxy) is 1. The van der Waals surface area contributed by atoms with E-state index in [9.17, 15) is 8.42 Å². The molecule has 2 aliphatic rings. The van der Waals surface area contributed by atoms with Crippen LogP contribution in [0.2, 0.25) is 0 Å². The molecule has 0 N–H and O–H groups in total. The Morgan fingerprint density at radius 3 is 2.68 bits per heavy atom. The summed E-state index contributed by atoms with van der Waals surface area (Å²) in [5.74, 6) is 0.884. The molecule has 1 aromatic heterocycles. The Labute approximate surface area is 113 Å². The highest BCUT2D eigenvalue weighted by Gasteiger charge is 2.46. The number of hydrogen-bond acceptors (Lipinski definition) is 6. The zero-order chi connectivity index (χ0) is 13.3. The first-order chi connectivity index (χ1) is 9.20. The van der Waals surface area contributed by atoms with Gasteiger partial charge >= 0.3 is 0 Å². The van der Waals surface area contributed by atoms with E-state index in [-0.39, 0.29) is 11.2 Å². The summed E-state index contributed by atoms with van der Waals surface area (Å²) in [6, 6.07) is 1.84. The van der Waals surface area contributed by atoms with Crippen LogP contribution in [0.1, 0.15) is 18.5 Å². The van der Waals surface area contributed by atoms with Crippen molar-refractivity contribution in [2.45, 2.75) is 18.3 Å². The highest BCUT2D eigenvalue weighted by atomic mass is 32.2. The summed E-state index contributed by atoms with van der Waals surface area (Å²) in [6.07, 6.45) is 3.52. The van der Waals surface area contributed by atoms with Gasteiger partial charge in [-0.3, -0.25) is 0 Å². The van der Waals surface area contributed by atoms with Gasteiger partial charge in [0.05, 0.1) is 24.7 Å². The van der Waals surface area contributed by atoms with E-state index in [4.69, 9.17) is 4.74 Å². The number of morpholine rings is 1. The first-order valence-electron chi connectivity index (χ1n) is 6.48. The third kappa shape index (κ3) is 2.71. The smallest absolute Gasteiger partial charge is 0.225 e. The van der Waals surface area contributed by atoms with Crippen LogP contribution in [0, 0.1) is 0 Å². The fourth-order valence-corrected chi connectivity index (χ4v) is 3.43. The van der Waals surface area contributed by atoms with E-state index in [2.05, 4.69) is 14.9 Å². The predicted octanol–water partition coefficient (Wildman–Crippen LogP) is -0.0438. The summed E-state index contributed by atoms with van der Waals surface area (Å²) in [5.41, 5.74) is 0.613. The number of hydrogen-bond donors (Lipinski definition) is 1. The van der Waals surface area contributed by atoms with Gasteiger partial charge in [-0.15, -0.1) is 0 Å². The summed E-state index contributed by atoms with van der Waals surface area (Å²) < 4.78 is 27.3. The molecule has 19 heavy (non-hydrogen) atoms. The molecule has 3 rings (SSSR count). The van der Waals surface area contributed by atoms with E-state index in [1.807, 2.05) is 6.07 Å². The summed E-state index contributed by atoms with van der Waals surface area (Å²) in [7, 11) is -2.37. The average molecular weight is 283 g/mol. The summed E-state index contributed by atoms with van der Waals surface area (Å²) in [6.45, 7) is 2.94. The minimum Gasteiger partial charge on any atom is -0.378 e. The Balaban J connectivity index is 1.83. The first kappa shape index (κ1) is 12.8. The van der Waals surface area contributed by atoms with Crippen molar-refractivity contribution in [2.24, 2.45) is 0 Å². The van der Waals surface area contributed by atoms with Crippen LogP contribution in [0.25, 0.3) is 0 Å². The zero-order valence-corrected chi connectivity index (χ0v) is 11.5. The standard InChI is InChI=1S/C12H17N3O3S/c16-19(17)9-12(2-3-12)10-1-4-13-11(14-10)15-5-7-18-8-6-15/h1,4,19H,2-3,5-9H2. The second-order valence-electron chi connectivity index (χ2n) is 5.11. The molecule has 2 heterocycles. The van der Waals surface area contributed by atoms with Crippen LogP contribution >= 0.6 is 0 Å². The van der Waals surface area contributed by atoms with E-state index in [0.29, 0.717) is 19.2 Å². The molecule has 1 aliphatic carbocycles. The molecule has 6 nitrogen and oxygen atoms in total. The molecule has 0 unspecified atom stereocenters. The Hall–Kier alpha value is -1.21. The monoisotopic (exact) mass is 283 g/mol. The van der Waals surface area contributed by atoms with Crippen molar-refractivity contribution in [1.29, 1.82) is 0 Å². The lowest BCUT2D eigenvalue weighted by molar-refractivity contribution is 0.122. The predicted molar refractivity (Wildman–Crippen MR) is 71.2 cm³/mol. The molecular formula is C12H17N3O3S. The van der Waals surface area contributed by atoms with Crippen molar-refractivity contribution in [3.8, 4) is 0 Å². The van der Waals surface area contributed by atoms with E-state index in [1.54, 1.807) is 6.20 Å². The molecule has 1 aliphatic heterocycles. The molecule has 1 saturated heterocycles. The zero-order valence-electron chi connectivity index (χ0n) is 10.6. The van der Waals surface area contributed by atoms with Crippen LogP contribution in [0.4, 0.5) is 5.95 Å². The average Bonchev–Trinajstić information content (AvgIpc) is 3.20. The molecular weight excluding hydrogens is 266 g/mol. The van der Waals surface area contributed by atoms with Crippen molar-refractivity contribution in [1.82, 2.24) is 9.97 Å². The number of anilines is 1. The fourth-order valence-electron chi connectivity index (χ4n) is 2.45. The molecule has 7 heteroatoms. The van der Waals surface area contributed by atoms with Crippen molar-refractivity contribution in [3.63, 3.8) is 0 Å². The lowest BCUT2D eigenvalue weighted by Crippen LogP contribution is -2.37. The molecule has 2 fully saturated rings. The second-order valence-corrected chi connectivity index (χ2v) is 6.09. The number of aromatic nitrogens is 2. The lowest BCUT2D eigenvalue weighted by Gasteiger charge is -2.27. The molecule has 0 aromatic carbocycles. The van der Waals surface area contributed by atoms with Crippen LogP contribution in [-0.2, 0) is 20.9 Å². The molecule has 0 amide bonds. The molecule has 104 valence electrons. The third-order valence-electron chi connectivity index (χ3n) is 3.77. The van der Waals surface area contributed by atoms with Gasteiger partial charge in [-0.25, -0.2) is 18.4 Å². The van der Waals surface area contributed by atoms with Crippen LogP contribution < -0.4 is 4.90 Å². The number of thiol groups is 1. The number of nitrogens with zero attached hydrogens (tertiary/aromatic N) is 3. The SMILES string of the molecule is O=[SH](=O)CC1(c2ccnc(N3CCOCC3)n2)CC1. The Kier molecular flexibility index (Phi) is 3.40. The van der Waals surface area contributed by atoms with Gasteiger partial charge < -0.3 is 9.64 Å². The topological polar surface area (TPSA) is 72.4 Å². The molecule has 0 bridgehead atoms. The normalized spacial score (nSPS) is 21.6. The van der Waals surface area contributed by atoms with Crippen molar-refractivity contribution in [2.75, 3.05) is 37.0 Å². The minimum absolute atomic E-state index is 0.196. The van der Waals surface area contributed by atoms with Crippen molar-refractivity contribution >= 4 is 16.7 Å². The van der Waals surface area contributed by atoms with Crippen LogP contribution in [0.5, 0.6) is 0 Å². The molecule has 0 atom stereocenters. The van der Waals surface area contributed by atoms with Gasteiger partial charge in [0, 0.05) is 24.7 Å². The van der Waals surface area contributed by atoms with Gasteiger partial charge in [0.15, 0.2) is 0 Å². The third-order valence-corrected chi connectivity index (χ3v) is 4.63.